The number of fused-ring (bicyclic) bond motifs is 1. The lowest BCUT2D eigenvalue weighted by Crippen LogP contribution is -2.44. The van der Waals surface area contributed by atoms with Gasteiger partial charge in [-0.25, -0.2) is 9.37 Å². The van der Waals surface area contributed by atoms with E-state index in [0.717, 1.165) is 49.4 Å². The number of pyridine rings is 1. The van der Waals surface area contributed by atoms with Crippen LogP contribution in [0.1, 0.15) is 42.0 Å². The molecule has 34 heavy (non-hydrogen) atoms. The normalized spacial score (nSPS) is 15.9. The molecule has 1 fully saturated rings. The number of nitrogens with one attached hydrogen (secondary N) is 1. The van der Waals surface area contributed by atoms with Gasteiger partial charge in [-0.1, -0.05) is 48.5 Å². The molecule has 0 bridgehead atoms. The minimum Gasteiger partial charge on any atom is -0.353 e. The standard InChI is InChI=1S/C28H29FN4O/c29-23-10-6-9-22(17-23)25(26-19-30-27-11-4-5-14-33(26)27)18-28(34)31-24-12-15-32(16-13-24)20-21-7-2-1-3-8-21/h1-11,14,17,19,24-25H,12-13,15-16,18,20H2,(H,31,34). The van der Waals surface area contributed by atoms with Crippen molar-refractivity contribution in [1.82, 2.24) is 19.6 Å². The number of halogens is 1. The van der Waals surface area contributed by atoms with Gasteiger partial charge in [-0.15, -0.1) is 0 Å². The molecule has 3 heterocycles. The summed E-state index contributed by atoms with van der Waals surface area (Å²) in [6, 6.07) is 23.0. The zero-order valence-corrected chi connectivity index (χ0v) is 19.1. The minimum absolute atomic E-state index is 0.0124. The Bertz CT molecular complexity index is 1250. The number of piperidine rings is 1. The van der Waals surface area contributed by atoms with Crippen LogP contribution in [0, 0.1) is 5.82 Å². The number of carbonyl (C=O) groups is 1. The van der Waals surface area contributed by atoms with Crippen LogP contribution in [0.4, 0.5) is 4.39 Å². The Labute approximate surface area is 199 Å². The van der Waals surface area contributed by atoms with Crippen molar-refractivity contribution in [2.24, 2.45) is 0 Å². The predicted octanol–water partition coefficient (Wildman–Crippen LogP) is 4.78. The van der Waals surface area contributed by atoms with Gasteiger partial charge < -0.3 is 9.72 Å². The van der Waals surface area contributed by atoms with Crippen molar-refractivity contribution >= 4 is 11.6 Å². The van der Waals surface area contributed by atoms with E-state index in [4.69, 9.17) is 0 Å². The van der Waals surface area contributed by atoms with Gasteiger partial charge in [0.05, 0.1) is 5.69 Å². The molecule has 1 unspecified atom stereocenters. The van der Waals surface area contributed by atoms with Gasteiger partial charge in [0.1, 0.15) is 11.5 Å². The third-order valence-electron chi connectivity index (χ3n) is 6.64. The number of carbonyl (C=O) groups excluding carboxylic acids is 1. The van der Waals surface area contributed by atoms with Gasteiger partial charge in [0.25, 0.3) is 0 Å². The molecule has 5 nitrogen and oxygen atoms in total. The van der Waals surface area contributed by atoms with Crippen LogP contribution >= 0.6 is 0 Å². The van der Waals surface area contributed by atoms with Crippen molar-refractivity contribution in [3.05, 3.63) is 108 Å². The first kappa shape index (κ1) is 22.3. The number of likely N-dealkylation sites (tertiary alicyclic amines) is 1. The summed E-state index contributed by atoms with van der Waals surface area (Å²) in [7, 11) is 0. The van der Waals surface area contributed by atoms with E-state index in [1.165, 1.54) is 17.7 Å². The summed E-state index contributed by atoms with van der Waals surface area (Å²) in [5.41, 5.74) is 3.79. The fourth-order valence-corrected chi connectivity index (χ4v) is 4.88. The number of rotatable bonds is 7. The number of hydrogen-bond acceptors (Lipinski definition) is 3. The highest BCUT2D eigenvalue weighted by molar-refractivity contribution is 5.78. The zero-order valence-electron chi connectivity index (χ0n) is 19.1. The fourth-order valence-electron chi connectivity index (χ4n) is 4.88. The lowest BCUT2D eigenvalue weighted by molar-refractivity contribution is -0.122. The SMILES string of the molecule is O=C(CC(c1cccc(F)c1)c1cnc2ccccn12)NC1CCN(Cc2ccccc2)CC1. The van der Waals surface area contributed by atoms with E-state index in [2.05, 4.69) is 39.5 Å². The molecular weight excluding hydrogens is 427 g/mol. The second-order valence-electron chi connectivity index (χ2n) is 9.03. The van der Waals surface area contributed by atoms with Crippen molar-refractivity contribution in [3.8, 4) is 0 Å². The summed E-state index contributed by atoms with van der Waals surface area (Å²) in [5, 5.41) is 3.24. The molecule has 1 atom stereocenters. The maximum atomic E-state index is 14.1. The third kappa shape index (κ3) is 5.18. The van der Waals surface area contributed by atoms with E-state index in [0.29, 0.717) is 0 Å². The highest BCUT2D eigenvalue weighted by atomic mass is 19.1. The Morgan fingerprint density at radius 3 is 2.62 bits per heavy atom. The number of imidazole rings is 1. The van der Waals surface area contributed by atoms with Crippen LogP contribution in [0.2, 0.25) is 0 Å². The van der Waals surface area contributed by atoms with E-state index in [9.17, 15) is 9.18 Å². The molecule has 0 spiro atoms. The molecule has 174 valence electrons. The summed E-state index contributed by atoms with van der Waals surface area (Å²) in [6.07, 6.45) is 5.83. The highest BCUT2D eigenvalue weighted by Gasteiger charge is 2.25. The first-order valence-electron chi connectivity index (χ1n) is 11.9. The summed E-state index contributed by atoms with van der Waals surface area (Å²) in [4.78, 5) is 20.1. The van der Waals surface area contributed by atoms with E-state index in [1.54, 1.807) is 12.3 Å². The summed E-state index contributed by atoms with van der Waals surface area (Å²) < 4.78 is 16.0. The van der Waals surface area contributed by atoms with Crippen molar-refractivity contribution in [1.29, 1.82) is 0 Å². The topological polar surface area (TPSA) is 49.6 Å². The molecule has 2 aromatic heterocycles. The third-order valence-corrected chi connectivity index (χ3v) is 6.64. The first-order valence-corrected chi connectivity index (χ1v) is 11.9. The molecule has 1 amide bonds. The number of benzene rings is 2. The molecule has 1 aliphatic heterocycles. The summed E-state index contributed by atoms with van der Waals surface area (Å²) in [6.45, 7) is 2.86. The van der Waals surface area contributed by atoms with Gasteiger partial charge >= 0.3 is 0 Å². The Hall–Kier alpha value is -3.51. The molecule has 6 heteroatoms. The maximum absolute atomic E-state index is 14.1. The monoisotopic (exact) mass is 456 g/mol. The first-order chi connectivity index (χ1) is 16.7. The van der Waals surface area contributed by atoms with Crippen molar-refractivity contribution in [2.45, 2.75) is 37.8 Å². The van der Waals surface area contributed by atoms with Gasteiger partial charge in [-0.3, -0.25) is 9.69 Å². The Morgan fingerprint density at radius 1 is 1.03 bits per heavy atom. The lowest BCUT2D eigenvalue weighted by Gasteiger charge is -2.32. The van der Waals surface area contributed by atoms with Crippen LogP contribution in [-0.2, 0) is 11.3 Å². The molecule has 0 saturated carbocycles. The van der Waals surface area contributed by atoms with Gasteiger partial charge in [0.2, 0.25) is 5.91 Å². The number of nitrogens with zero attached hydrogens (tertiary/aromatic N) is 3. The average molecular weight is 457 g/mol. The molecule has 1 aliphatic rings. The second-order valence-corrected chi connectivity index (χ2v) is 9.03. The average Bonchev–Trinajstić information content (AvgIpc) is 3.28. The van der Waals surface area contributed by atoms with E-state index in [1.807, 2.05) is 40.9 Å². The molecule has 0 radical (unpaired) electrons. The highest BCUT2D eigenvalue weighted by Crippen LogP contribution is 2.29. The quantitative estimate of drug-likeness (QED) is 0.436. The molecular formula is C28H29FN4O. The molecule has 1 N–H and O–H groups in total. The lowest BCUT2D eigenvalue weighted by atomic mass is 9.92. The second kappa shape index (κ2) is 10.2. The van der Waals surface area contributed by atoms with Crippen LogP contribution in [0.15, 0.2) is 85.2 Å². The van der Waals surface area contributed by atoms with Crippen LogP contribution in [0.25, 0.3) is 5.65 Å². The van der Waals surface area contributed by atoms with Crippen LogP contribution < -0.4 is 5.32 Å². The van der Waals surface area contributed by atoms with E-state index < -0.39 is 0 Å². The maximum Gasteiger partial charge on any atom is 0.221 e. The van der Waals surface area contributed by atoms with Crippen molar-refractivity contribution in [2.75, 3.05) is 13.1 Å². The van der Waals surface area contributed by atoms with Gasteiger partial charge in [-0.05, 0) is 48.2 Å². The number of hydrogen-bond donors (Lipinski definition) is 1. The van der Waals surface area contributed by atoms with Crippen LogP contribution in [0.3, 0.4) is 0 Å². The summed E-state index contributed by atoms with van der Waals surface area (Å²) in [5.74, 6) is -0.601. The molecule has 2 aromatic carbocycles. The van der Waals surface area contributed by atoms with Crippen molar-refractivity contribution in [3.63, 3.8) is 0 Å². The number of aromatic nitrogens is 2. The largest absolute Gasteiger partial charge is 0.353 e. The van der Waals surface area contributed by atoms with Gasteiger partial charge in [-0.2, -0.15) is 0 Å². The minimum atomic E-state index is -0.303. The van der Waals surface area contributed by atoms with Crippen molar-refractivity contribution < 1.29 is 9.18 Å². The predicted molar refractivity (Wildman–Crippen MR) is 131 cm³/mol. The van der Waals surface area contributed by atoms with E-state index >= 15 is 0 Å². The Balaban J connectivity index is 1.25. The summed E-state index contributed by atoms with van der Waals surface area (Å²) >= 11 is 0. The Morgan fingerprint density at radius 2 is 1.82 bits per heavy atom. The van der Waals surface area contributed by atoms with Gasteiger partial charge in [0, 0.05) is 50.4 Å². The van der Waals surface area contributed by atoms with Gasteiger partial charge in [0.15, 0.2) is 0 Å². The Kier molecular flexibility index (Phi) is 6.67. The van der Waals surface area contributed by atoms with Crippen LogP contribution in [-0.4, -0.2) is 39.3 Å². The number of amides is 1. The van der Waals surface area contributed by atoms with Crippen LogP contribution in [0.5, 0.6) is 0 Å². The molecule has 5 rings (SSSR count). The zero-order chi connectivity index (χ0) is 23.3. The van der Waals surface area contributed by atoms with E-state index in [-0.39, 0.29) is 30.1 Å². The fraction of sp³-hybridized carbons (Fsp3) is 0.286. The molecule has 1 saturated heterocycles. The smallest absolute Gasteiger partial charge is 0.221 e. The molecule has 4 aromatic rings. The molecule has 0 aliphatic carbocycles.